The van der Waals surface area contributed by atoms with Crippen molar-refractivity contribution in [3.63, 3.8) is 0 Å². The maximum absolute atomic E-state index is 5.44. The average Bonchev–Trinajstić information content (AvgIpc) is 2.62. The number of hydrogen-bond acceptors (Lipinski definition) is 1. The van der Waals surface area contributed by atoms with E-state index < -0.39 is 0 Å². The Bertz CT molecular complexity index is 138. The minimum absolute atomic E-state index is 0.715. The number of nitrogens with two attached hydrogens (primary N) is 1. The number of hydrogen-bond donors (Lipinski definition) is 1. The molecule has 10 heavy (non-hydrogen) atoms. The van der Waals surface area contributed by atoms with Crippen LogP contribution in [0.25, 0.3) is 0 Å². The second-order valence-corrected chi connectivity index (χ2v) is 3.19. The molecule has 1 heteroatoms. The molecule has 0 spiro atoms. The van der Waals surface area contributed by atoms with Crippen molar-refractivity contribution < 1.29 is 0 Å². The monoisotopic (exact) mass is 139 g/mol. The molecule has 0 aromatic carbocycles. The molecule has 0 aromatic rings. The molecule has 1 aliphatic carbocycles. The molecule has 1 rings (SSSR count). The first-order valence-corrected chi connectivity index (χ1v) is 4.18. The van der Waals surface area contributed by atoms with Crippen LogP contribution in [0.5, 0.6) is 0 Å². The van der Waals surface area contributed by atoms with E-state index in [9.17, 15) is 0 Å². The largest absolute Gasteiger partial charge is 0.327 e. The van der Waals surface area contributed by atoms with Crippen molar-refractivity contribution in [2.24, 2.45) is 17.6 Å². The van der Waals surface area contributed by atoms with E-state index in [0.29, 0.717) is 6.54 Å². The van der Waals surface area contributed by atoms with Gasteiger partial charge in [-0.05, 0) is 24.7 Å². The first-order chi connectivity index (χ1) is 4.79. The van der Waals surface area contributed by atoms with Crippen LogP contribution in [0, 0.1) is 11.8 Å². The minimum atomic E-state index is 0.715. The van der Waals surface area contributed by atoms with E-state index in [4.69, 9.17) is 5.73 Å². The Balaban J connectivity index is 2.42. The highest BCUT2D eigenvalue weighted by atomic mass is 14.5. The van der Waals surface area contributed by atoms with E-state index in [0.717, 1.165) is 11.8 Å². The van der Waals surface area contributed by atoms with Crippen LogP contribution in [0.2, 0.25) is 0 Å². The molecule has 2 atom stereocenters. The van der Waals surface area contributed by atoms with Crippen LogP contribution >= 0.6 is 0 Å². The molecule has 0 amide bonds. The van der Waals surface area contributed by atoms with Crippen molar-refractivity contribution in [3.8, 4) is 0 Å². The van der Waals surface area contributed by atoms with Crippen molar-refractivity contribution in [1.82, 2.24) is 0 Å². The third-order valence-corrected chi connectivity index (χ3v) is 2.37. The fraction of sp³-hybridized carbons (Fsp3) is 0.778. The van der Waals surface area contributed by atoms with Crippen LogP contribution in [0.1, 0.15) is 26.7 Å². The van der Waals surface area contributed by atoms with Crippen molar-refractivity contribution >= 4 is 0 Å². The Morgan fingerprint density at radius 3 is 2.60 bits per heavy atom. The predicted octanol–water partition coefficient (Wildman–Crippen LogP) is 1.94. The fourth-order valence-corrected chi connectivity index (χ4v) is 1.55. The Morgan fingerprint density at radius 1 is 1.70 bits per heavy atom. The normalized spacial score (nSPS) is 32.5. The lowest BCUT2D eigenvalue weighted by Gasteiger charge is -2.00. The summed E-state index contributed by atoms with van der Waals surface area (Å²) in [7, 11) is 0. The smallest absolute Gasteiger partial charge is 0.0109 e. The van der Waals surface area contributed by atoms with Crippen molar-refractivity contribution in [2.75, 3.05) is 6.54 Å². The molecular weight excluding hydrogens is 122 g/mol. The summed E-state index contributed by atoms with van der Waals surface area (Å²) in [5.74, 6) is 1.81. The molecule has 1 aliphatic rings. The summed E-state index contributed by atoms with van der Waals surface area (Å²) >= 11 is 0. The van der Waals surface area contributed by atoms with Crippen molar-refractivity contribution in [3.05, 3.63) is 11.6 Å². The maximum Gasteiger partial charge on any atom is 0.0109 e. The van der Waals surface area contributed by atoms with Gasteiger partial charge in [-0.3, -0.25) is 0 Å². The zero-order valence-electron chi connectivity index (χ0n) is 6.93. The lowest BCUT2D eigenvalue weighted by Crippen LogP contribution is -1.97. The summed E-state index contributed by atoms with van der Waals surface area (Å²) in [4.78, 5) is 0. The minimum Gasteiger partial charge on any atom is -0.327 e. The second-order valence-electron chi connectivity index (χ2n) is 3.19. The van der Waals surface area contributed by atoms with Crippen LogP contribution in [-0.2, 0) is 0 Å². The van der Waals surface area contributed by atoms with Gasteiger partial charge >= 0.3 is 0 Å². The van der Waals surface area contributed by atoms with E-state index in [1.54, 1.807) is 5.57 Å². The Morgan fingerprint density at radius 2 is 2.30 bits per heavy atom. The summed E-state index contributed by atoms with van der Waals surface area (Å²) < 4.78 is 0. The van der Waals surface area contributed by atoms with Gasteiger partial charge in [0.25, 0.3) is 0 Å². The van der Waals surface area contributed by atoms with E-state index in [1.807, 2.05) is 0 Å². The van der Waals surface area contributed by atoms with Gasteiger partial charge in [-0.2, -0.15) is 0 Å². The standard InChI is InChI=1S/C9H17N/c1-3-8(4-5-10)9-6-7(9)2/h4,7,9H,3,5-6,10H2,1-2H3/b8-4+. The van der Waals surface area contributed by atoms with Crippen LogP contribution < -0.4 is 5.73 Å². The Labute approximate surface area is 63.3 Å². The highest BCUT2D eigenvalue weighted by Gasteiger charge is 2.34. The molecule has 0 bridgehead atoms. The lowest BCUT2D eigenvalue weighted by molar-refractivity contribution is 0.811. The SMILES string of the molecule is CC/C(=C\CN)C1CC1C. The molecule has 58 valence electrons. The summed E-state index contributed by atoms with van der Waals surface area (Å²) in [5, 5.41) is 0. The third kappa shape index (κ3) is 1.60. The molecule has 1 nitrogen and oxygen atoms in total. The molecule has 0 heterocycles. The molecule has 0 radical (unpaired) electrons. The molecule has 0 aromatic heterocycles. The highest BCUT2D eigenvalue weighted by Crippen LogP contribution is 2.44. The lowest BCUT2D eigenvalue weighted by atomic mass is 10.1. The summed E-state index contributed by atoms with van der Waals surface area (Å²) in [6.45, 7) is 5.24. The van der Waals surface area contributed by atoms with Crippen molar-refractivity contribution in [2.45, 2.75) is 26.7 Å². The van der Waals surface area contributed by atoms with Gasteiger partial charge in [0, 0.05) is 6.54 Å². The topological polar surface area (TPSA) is 26.0 Å². The zero-order valence-corrected chi connectivity index (χ0v) is 6.93. The third-order valence-electron chi connectivity index (χ3n) is 2.37. The van der Waals surface area contributed by atoms with Crippen LogP contribution in [0.15, 0.2) is 11.6 Å². The number of allylic oxidation sites excluding steroid dienone is 1. The molecule has 1 saturated carbocycles. The predicted molar refractivity (Wildman–Crippen MR) is 44.7 cm³/mol. The van der Waals surface area contributed by atoms with Gasteiger partial charge < -0.3 is 5.73 Å². The fourth-order valence-electron chi connectivity index (χ4n) is 1.55. The highest BCUT2D eigenvalue weighted by molar-refractivity contribution is 5.14. The molecule has 2 N–H and O–H groups in total. The summed E-state index contributed by atoms with van der Waals surface area (Å²) in [6.07, 6.45) is 4.76. The zero-order chi connectivity index (χ0) is 7.56. The Hall–Kier alpha value is -0.300. The number of rotatable bonds is 3. The van der Waals surface area contributed by atoms with Gasteiger partial charge in [0.05, 0.1) is 0 Å². The molecule has 1 fully saturated rings. The van der Waals surface area contributed by atoms with Gasteiger partial charge in [0.2, 0.25) is 0 Å². The van der Waals surface area contributed by atoms with Crippen LogP contribution in [0.3, 0.4) is 0 Å². The Kier molecular flexibility index (Phi) is 2.50. The van der Waals surface area contributed by atoms with Crippen LogP contribution in [0.4, 0.5) is 0 Å². The molecular formula is C9H17N. The van der Waals surface area contributed by atoms with E-state index in [2.05, 4.69) is 19.9 Å². The van der Waals surface area contributed by atoms with E-state index in [-0.39, 0.29) is 0 Å². The van der Waals surface area contributed by atoms with E-state index >= 15 is 0 Å². The summed E-state index contributed by atoms with van der Waals surface area (Å²) in [5.41, 5.74) is 7.02. The summed E-state index contributed by atoms with van der Waals surface area (Å²) in [6, 6.07) is 0. The second kappa shape index (κ2) is 3.20. The van der Waals surface area contributed by atoms with Gasteiger partial charge in [-0.1, -0.05) is 25.5 Å². The van der Waals surface area contributed by atoms with Crippen LogP contribution in [-0.4, -0.2) is 6.54 Å². The van der Waals surface area contributed by atoms with Gasteiger partial charge in [0.1, 0.15) is 0 Å². The average molecular weight is 139 g/mol. The first kappa shape index (κ1) is 7.80. The van der Waals surface area contributed by atoms with Gasteiger partial charge in [-0.15, -0.1) is 0 Å². The van der Waals surface area contributed by atoms with E-state index in [1.165, 1.54) is 12.8 Å². The first-order valence-electron chi connectivity index (χ1n) is 4.18. The maximum atomic E-state index is 5.44. The molecule has 2 unspecified atom stereocenters. The van der Waals surface area contributed by atoms with Gasteiger partial charge in [0.15, 0.2) is 0 Å². The quantitative estimate of drug-likeness (QED) is 0.594. The van der Waals surface area contributed by atoms with Crippen molar-refractivity contribution in [1.29, 1.82) is 0 Å². The molecule has 0 aliphatic heterocycles. The van der Waals surface area contributed by atoms with Gasteiger partial charge in [-0.25, -0.2) is 0 Å². The molecule has 0 saturated heterocycles.